The van der Waals surface area contributed by atoms with Crippen LogP contribution >= 0.6 is 0 Å². The maximum atomic E-state index is 11.7. The van der Waals surface area contributed by atoms with Gasteiger partial charge >= 0.3 is 0 Å². The number of alkyl halides is 1. The quantitative estimate of drug-likeness (QED) is 0.364. The molecule has 0 saturated carbocycles. The van der Waals surface area contributed by atoms with E-state index in [0.29, 0.717) is 4.48 Å². The lowest BCUT2D eigenvalue weighted by atomic mass is 10.6. The van der Waals surface area contributed by atoms with Gasteiger partial charge in [-0.05, 0) is 6.92 Å². The Balaban J connectivity index is 3.36. The van der Waals surface area contributed by atoms with Gasteiger partial charge in [-0.1, -0.05) is 0 Å². The van der Waals surface area contributed by atoms with Crippen LogP contribution in [-0.4, -0.2) is 31.9 Å². The molecule has 0 aliphatic rings. The number of nitrogens with zero attached hydrogens (tertiary/aromatic N) is 1. The summed E-state index contributed by atoms with van der Waals surface area (Å²) in [6.45, 7) is 2.56. The van der Waals surface area contributed by atoms with Gasteiger partial charge in [0.1, 0.15) is 0 Å². The Bertz CT molecular complexity index is 46.0. The first-order valence-electron chi connectivity index (χ1n) is 2.50. The van der Waals surface area contributed by atoms with Gasteiger partial charge in [-0.2, -0.15) is 4.39 Å². The summed E-state index contributed by atoms with van der Waals surface area (Å²) in [5, 5.41) is 0. The maximum Gasteiger partial charge on any atom is 0.221 e. The maximum absolute atomic E-state index is 11.7. The van der Waals surface area contributed by atoms with Crippen molar-refractivity contribution in [3.8, 4) is 0 Å². The number of hydrogen-bond donors (Lipinski definition) is 0. The molecule has 0 aromatic rings. The summed E-state index contributed by atoms with van der Waals surface area (Å²) in [6.07, 6.45) is 0. The third-order valence-electron chi connectivity index (χ3n) is 1.18. The summed E-state index contributed by atoms with van der Waals surface area (Å²) >= 11 is 0. The molecule has 0 bridgehead atoms. The van der Waals surface area contributed by atoms with E-state index in [4.69, 9.17) is 0 Å². The molecule has 44 valence electrons. The smallest absolute Gasteiger partial charge is 0.221 e. The molecule has 0 unspecified atom stereocenters. The van der Waals surface area contributed by atoms with Gasteiger partial charge in [0.05, 0.1) is 20.6 Å². The molecule has 0 N–H and O–H groups in total. The van der Waals surface area contributed by atoms with Crippen LogP contribution in [0.5, 0.6) is 0 Å². The van der Waals surface area contributed by atoms with Gasteiger partial charge in [0.15, 0.2) is 0 Å². The van der Waals surface area contributed by atoms with Gasteiger partial charge in [-0.15, -0.1) is 0 Å². The van der Waals surface area contributed by atoms with Crippen LogP contribution in [0.2, 0.25) is 0 Å². The fourth-order valence-corrected chi connectivity index (χ4v) is 0.0845. The summed E-state index contributed by atoms with van der Waals surface area (Å²) in [7, 11) is 3.72. The number of quaternary nitrogens is 1. The molecule has 2 heteroatoms. The van der Waals surface area contributed by atoms with E-state index < -0.39 is 0 Å². The minimum atomic E-state index is -0.267. The molecule has 1 nitrogen and oxygen atoms in total. The second-order valence-electron chi connectivity index (χ2n) is 2.37. The van der Waals surface area contributed by atoms with Crippen molar-refractivity contribution in [1.29, 1.82) is 0 Å². The Morgan fingerprint density at radius 3 is 1.86 bits per heavy atom. The van der Waals surface area contributed by atoms with Gasteiger partial charge in [0.2, 0.25) is 6.80 Å². The Morgan fingerprint density at radius 1 is 1.43 bits per heavy atom. The van der Waals surface area contributed by atoms with Crippen LogP contribution in [0, 0.1) is 0 Å². The van der Waals surface area contributed by atoms with Crippen molar-refractivity contribution in [2.75, 3.05) is 27.4 Å². The summed E-state index contributed by atoms with van der Waals surface area (Å²) in [5.41, 5.74) is 0. The molecule has 0 heterocycles. The van der Waals surface area contributed by atoms with Crippen LogP contribution in [0.1, 0.15) is 6.92 Å². The van der Waals surface area contributed by atoms with E-state index in [1.54, 1.807) is 0 Å². The normalized spacial score (nSPS) is 12.0. The SMILES string of the molecule is CC[N+](C)(C)CF. The average molecular weight is 106 g/mol. The number of hydrogen-bond acceptors (Lipinski definition) is 0. The van der Waals surface area contributed by atoms with Crippen LogP contribution < -0.4 is 0 Å². The molecule has 0 aromatic carbocycles. The molecule has 0 aliphatic carbocycles. The minimum absolute atomic E-state index is 0.267. The lowest BCUT2D eigenvalue weighted by Crippen LogP contribution is -2.37. The van der Waals surface area contributed by atoms with Crippen LogP contribution in [0.15, 0.2) is 0 Å². The predicted octanol–water partition coefficient (Wildman–Crippen LogP) is 1.01. The van der Waals surface area contributed by atoms with Crippen molar-refractivity contribution in [1.82, 2.24) is 0 Å². The highest BCUT2D eigenvalue weighted by atomic mass is 19.1. The van der Waals surface area contributed by atoms with Crippen molar-refractivity contribution in [2.24, 2.45) is 0 Å². The van der Waals surface area contributed by atoms with E-state index in [0.717, 1.165) is 6.54 Å². The fraction of sp³-hybridized carbons (Fsp3) is 1.00. The van der Waals surface area contributed by atoms with Gasteiger partial charge < -0.3 is 4.48 Å². The minimum Gasteiger partial charge on any atom is -0.302 e. The highest BCUT2D eigenvalue weighted by Crippen LogP contribution is 1.93. The first-order valence-corrected chi connectivity index (χ1v) is 2.50. The average Bonchev–Trinajstić information content (AvgIpc) is 1.68. The first kappa shape index (κ1) is 6.89. The largest absolute Gasteiger partial charge is 0.302 e. The second kappa shape index (κ2) is 2.26. The molecular weight excluding hydrogens is 93.1 g/mol. The number of halogens is 1. The molecule has 0 spiro atoms. The van der Waals surface area contributed by atoms with Gasteiger partial charge in [-0.25, -0.2) is 0 Å². The first-order chi connectivity index (χ1) is 3.12. The highest BCUT2D eigenvalue weighted by molar-refractivity contribution is 4.11. The summed E-state index contributed by atoms with van der Waals surface area (Å²) in [6, 6.07) is 0. The molecule has 0 aromatic heterocycles. The lowest BCUT2D eigenvalue weighted by Gasteiger charge is -2.22. The molecule has 0 radical (unpaired) electrons. The summed E-state index contributed by atoms with van der Waals surface area (Å²) in [4.78, 5) is 0. The zero-order chi connectivity index (χ0) is 5.91. The molecule has 0 amide bonds. The van der Waals surface area contributed by atoms with Crippen LogP contribution in [0.25, 0.3) is 0 Å². The van der Waals surface area contributed by atoms with E-state index >= 15 is 0 Å². The molecule has 7 heavy (non-hydrogen) atoms. The van der Waals surface area contributed by atoms with Crippen molar-refractivity contribution in [2.45, 2.75) is 6.92 Å². The van der Waals surface area contributed by atoms with Gasteiger partial charge in [-0.3, -0.25) is 0 Å². The zero-order valence-corrected chi connectivity index (χ0v) is 5.24. The Morgan fingerprint density at radius 2 is 1.86 bits per heavy atom. The molecular formula is C5H13FN+. The van der Waals surface area contributed by atoms with E-state index in [9.17, 15) is 4.39 Å². The topological polar surface area (TPSA) is 0 Å². The van der Waals surface area contributed by atoms with E-state index in [1.165, 1.54) is 0 Å². The highest BCUT2D eigenvalue weighted by Gasteiger charge is 2.07. The third-order valence-corrected chi connectivity index (χ3v) is 1.18. The van der Waals surface area contributed by atoms with Gasteiger partial charge in [0.25, 0.3) is 0 Å². The monoisotopic (exact) mass is 106 g/mol. The van der Waals surface area contributed by atoms with Crippen LogP contribution in [0.4, 0.5) is 4.39 Å². The van der Waals surface area contributed by atoms with E-state index in [1.807, 2.05) is 21.0 Å². The Hall–Kier alpha value is -0.110. The van der Waals surface area contributed by atoms with Crippen molar-refractivity contribution >= 4 is 0 Å². The van der Waals surface area contributed by atoms with Crippen molar-refractivity contribution in [3.05, 3.63) is 0 Å². The zero-order valence-electron chi connectivity index (χ0n) is 5.24. The fourth-order valence-electron chi connectivity index (χ4n) is 0.0845. The van der Waals surface area contributed by atoms with Crippen LogP contribution in [-0.2, 0) is 0 Å². The molecule has 0 rings (SSSR count). The van der Waals surface area contributed by atoms with E-state index in [2.05, 4.69) is 0 Å². The summed E-state index contributed by atoms with van der Waals surface area (Å²) in [5.74, 6) is 0. The molecule has 0 fully saturated rings. The van der Waals surface area contributed by atoms with Gasteiger partial charge in [0, 0.05) is 0 Å². The molecule has 0 aliphatic heterocycles. The molecule has 0 saturated heterocycles. The summed E-state index contributed by atoms with van der Waals surface area (Å²) < 4.78 is 12.2. The Labute approximate surface area is 44.3 Å². The lowest BCUT2D eigenvalue weighted by molar-refractivity contribution is -0.900. The van der Waals surface area contributed by atoms with E-state index in [-0.39, 0.29) is 6.80 Å². The molecule has 0 atom stereocenters. The van der Waals surface area contributed by atoms with Crippen LogP contribution in [0.3, 0.4) is 0 Å². The standard InChI is InChI=1S/C5H13FN/c1-4-7(2,3)5-6/h4-5H2,1-3H3/q+1. The van der Waals surface area contributed by atoms with Crippen molar-refractivity contribution < 1.29 is 8.87 Å². The number of rotatable bonds is 2. The second-order valence-corrected chi connectivity index (χ2v) is 2.37. The predicted molar refractivity (Wildman–Crippen MR) is 28.6 cm³/mol. The Kier molecular flexibility index (Phi) is 2.23. The van der Waals surface area contributed by atoms with Crippen molar-refractivity contribution in [3.63, 3.8) is 0 Å². The third kappa shape index (κ3) is 2.57.